The zero-order valence-corrected chi connectivity index (χ0v) is 14.6. The van der Waals surface area contributed by atoms with Crippen molar-refractivity contribution >= 4 is 23.7 Å². The molecule has 1 N–H and O–H groups in total. The number of hydrogen-bond acceptors (Lipinski definition) is 4. The van der Waals surface area contributed by atoms with Gasteiger partial charge in [0.15, 0.2) is 0 Å². The minimum absolute atomic E-state index is 0.315. The number of hydrogen-bond donors (Lipinski definition) is 1. The molecule has 26 heavy (non-hydrogen) atoms. The Bertz CT molecular complexity index is 896. The van der Waals surface area contributed by atoms with Crippen LogP contribution in [0.15, 0.2) is 78.2 Å². The molecule has 2 aromatic carbocycles. The third kappa shape index (κ3) is 5.16. The van der Waals surface area contributed by atoms with Crippen molar-refractivity contribution in [1.29, 1.82) is 0 Å². The van der Waals surface area contributed by atoms with E-state index in [1.165, 1.54) is 6.20 Å². The van der Waals surface area contributed by atoms with Gasteiger partial charge < -0.3 is 4.74 Å². The van der Waals surface area contributed by atoms with E-state index in [9.17, 15) is 4.79 Å². The second-order valence-electron chi connectivity index (χ2n) is 5.43. The number of pyridine rings is 1. The molecule has 1 amide bonds. The smallest absolute Gasteiger partial charge is 0.272 e. The lowest BCUT2D eigenvalue weighted by Crippen LogP contribution is -2.17. The Balaban J connectivity index is 1.56. The Labute approximate surface area is 156 Å². The molecule has 6 heteroatoms. The maximum Gasteiger partial charge on any atom is 0.272 e. The molecular formula is C20H16ClN3O2. The molecule has 0 spiro atoms. The third-order valence-corrected chi connectivity index (χ3v) is 3.73. The van der Waals surface area contributed by atoms with Gasteiger partial charge in [0.25, 0.3) is 5.91 Å². The Morgan fingerprint density at radius 2 is 2.00 bits per heavy atom. The molecule has 3 rings (SSSR count). The second kappa shape index (κ2) is 8.78. The fourth-order valence-corrected chi connectivity index (χ4v) is 2.28. The van der Waals surface area contributed by atoms with Gasteiger partial charge in [-0.25, -0.2) is 5.43 Å². The Kier molecular flexibility index (Phi) is 5.96. The van der Waals surface area contributed by atoms with Gasteiger partial charge >= 0.3 is 0 Å². The Hall–Kier alpha value is -3.18. The van der Waals surface area contributed by atoms with E-state index >= 15 is 0 Å². The van der Waals surface area contributed by atoms with E-state index in [0.29, 0.717) is 22.9 Å². The minimum atomic E-state index is -0.315. The molecule has 0 fully saturated rings. The van der Waals surface area contributed by atoms with E-state index in [1.807, 2.05) is 48.5 Å². The van der Waals surface area contributed by atoms with E-state index in [0.717, 1.165) is 11.1 Å². The van der Waals surface area contributed by atoms with Gasteiger partial charge in [-0.05, 0) is 47.5 Å². The highest BCUT2D eigenvalue weighted by Gasteiger charge is 2.02. The lowest BCUT2D eigenvalue weighted by Gasteiger charge is -2.07. The summed E-state index contributed by atoms with van der Waals surface area (Å²) in [5, 5.41) is 4.66. The first kappa shape index (κ1) is 17.6. The highest BCUT2D eigenvalue weighted by Crippen LogP contribution is 2.15. The molecule has 0 bridgehead atoms. The van der Waals surface area contributed by atoms with Gasteiger partial charge in [-0.1, -0.05) is 35.9 Å². The summed E-state index contributed by atoms with van der Waals surface area (Å²) in [6.45, 7) is 0.440. The molecule has 0 aliphatic carbocycles. The molecule has 130 valence electrons. The van der Waals surface area contributed by atoms with Crippen LogP contribution in [0.2, 0.25) is 5.02 Å². The average molecular weight is 366 g/mol. The summed E-state index contributed by atoms with van der Waals surface area (Å²) in [5.41, 5.74) is 4.75. The summed E-state index contributed by atoms with van der Waals surface area (Å²) in [6, 6.07) is 18.3. The van der Waals surface area contributed by atoms with Crippen molar-refractivity contribution in [2.24, 2.45) is 5.10 Å². The van der Waals surface area contributed by atoms with Crippen molar-refractivity contribution in [3.05, 3.63) is 94.8 Å². The summed E-state index contributed by atoms with van der Waals surface area (Å²) < 4.78 is 5.77. The van der Waals surface area contributed by atoms with Gasteiger partial charge in [0, 0.05) is 17.4 Å². The van der Waals surface area contributed by atoms with E-state index in [2.05, 4.69) is 15.5 Å². The highest BCUT2D eigenvalue weighted by atomic mass is 35.5. The maximum atomic E-state index is 11.9. The molecule has 0 saturated carbocycles. The molecule has 0 aliphatic rings. The van der Waals surface area contributed by atoms with Crippen LogP contribution in [0.5, 0.6) is 5.75 Å². The minimum Gasteiger partial charge on any atom is -0.489 e. The van der Waals surface area contributed by atoms with Crippen molar-refractivity contribution in [3.63, 3.8) is 0 Å². The van der Waals surface area contributed by atoms with Crippen LogP contribution in [-0.2, 0) is 6.61 Å². The normalized spacial score (nSPS) is 10.7. The monoisotopic (exact) mass is 365 g/mol. The van der Waals surface area contributed by atoms with Gasteiger partial charge in [-0.2, -0.15) is 5.10 Å². The number of aromatic nitrogens is 1. The summed E-state index contributed by atoms with van der Waals surface area (Å²) in [6.07, 6.45) is 4.65. The fraction of sp³-hybridized carbons (Fsp3) is 0.0500. The summed E-state index contributed by atoms with van der Waals surface area (Å²) in [7, 11) is 0. The second-order valence-corrected chi connectivity index (χ2v) is 5.86. The topological polar surface area (TPSA) is 63.6 Å². The first-order chi connectivity index (χ1) is 12.7. The van der Waals surface area contributed by atoms with Crippen LogP contribution in [0, 0.1) is 0 Å². The van der Waals surface area contributed by atoms with Gasteiger partial charge in [0.05, 0.1) is 11.8 Å². The molecule has 1 heterocycles. The number of benzene rings is 2. The molecule has 0 atom stereocenters. The predicted molar refractivity (Wildman–Crippen MR) is 102 cm³/mol. The highest BCUT2D eigenvalue weighted by molar-refractivity contribution is 6.30. The lowest BCUT2D eigenvalue weighted by molar-refractivity contribution is 0.0955. The van der Waals surface area contributed by atoms with Gasteiger partial charge in [-0.15, -0.1) is 0 Å². The molecule has 0 unspecified atom stereocenters. The number of ether oxygens (including phenoxy) is 1. The van der Waals surface area contributed by atoms with Crippen LogP contribution in [0.1, 0.15) is 21.5 Å². The standard InChI is InChI=1S/C20H16ClN3O2/c21-18-8-6-15(7-9-18)14-26-19-5-1-3-16(11-19)12-23-24-20(25)17-4-2-10-22-13-17/h1-13H,14H2,(H,24,25)/b23-12+. The molecule has 3 aromatic rings. The third-order valence-electron chi connectivity index (χ3n) is 3.48. The number of amides is 1. The molecule has 5 nitrogen and oxygen atoms in total. The summed E-state index contributed by atoms with van der Waals surface area (Å²) in [4.78, 5) is 15.8. The fourth-order valence-electron chi connectivity index (χ4n) is 2.16. The zero-order valence-electron chi connectivity index (χ0n) is 13.8. The van der Waals surface area contributed by atoms with Crippen LogP contribution >= 0.6 is 11.6 Å². The molecule has 0 aliphatic heterocycles. The van der Waals surface area contributed by atoms with Crippen molar-refractivity contribution < 1.29 is 9.53 Å². The van der Waals surface area contributed by atoms with Gasteiger partial charge in [0.1, 0.15) is 12.4 Å². The molecular weight excluding hydrogens is 350 g/mol. The van der Waals surface area contributed by atoms with Crippen molar-refractivity contribution in [1.82, 2.24) is 10.4 Å². The van der Waals surface area contributed by atoms with Crippen LogP contribution in [0.25, 0.3) is 0 Å². The average Bonchev–Trinajstić information content (AvgIpc) is 2.68. The maximum absolute atomic E-state index is 11.9. The summed E-state index contributed by atoms with van der Waals surface area (Å²) in [5.74, 6) is 0.395. The number of nitrogens with one attached hydrogen (secondary N) is 1. The molecule has 1 aromatic heterocycles. The Morgan fingerprint density at radius 1 is 1.15 bits per heavy atom. The number of carbonyl (C=O) groups is 1. The van der Waals surface area contributed by atoms with E-state index in [-0.39, 0.29) is 5.91 Å². The van der Waals surface area contributed by atoms with Crippen molar-refractivity contribution in [2.75, 3.05) is 0 Å². The van der Waals surface area contributed by atoms with E-state index in [1.54, 1.807) is 24.5 Å². The predicted octanol–water partition coefficient (Wildman–Crippen LogP) is 4.08. The van der Waals surface area contributed by atoms with Gasteiger partial charge in [0.2, 0.25) is 0 Å². The van der Waals surface area contributed by atoms with E-state index < -0.39 is 0 Å². The number of rotatable bonds is 6. The lowest BCUT2D eigenvalue weighted by atomic mass is 10.2. The van der Waals surface area contributed by atoms with Gasteiger partial charge in [-0.3, -0.25) is 9.78 Å². The van der Waals surface area contributed by atoms with Crippen LogP contribution in [-0.4, -0.2) is 17.1 Å². The van der Waals surface area contributed by atoms with Crippen molar-refractivity contribution in [2.45, 2.75) is 6.61 Å². The molecule has 0 radical (unpaired) electrons. The number of carbonyl (C=O) groups excluding carboxylic acids is 1. The Morgan fingerprint density at radius 3 is 2.77 bits per heavy atom. The van der Waals surface area contributed by atoms with Crippen molar-refractivity contribution in [3.8, 4) is 5.75 Å². The first-order valence-electron chi connectivity index (χ1n) is 7.91. The van der Waals surface area contributed by atoms with Crippen LogP contribution in [0.4, 0.5) is 0 Å². The van der Waals surface area contributed by atoms with Crippen LogP contribution < -0.4 is 10.2 Å². The number of hydrazone groups is 1. The quantitative estimate of drug-likeness (QED) is 0.529. The largest absolute Gasteiger partial charge is 0.489 e. The van der Waals surface area contributed by atoms with Crippen LogP contribution in [0.3, 0.4) is 0 Å². The van der Waals surface area contributed by atoms with E-state index in [4.69, 9.17) is 16.3 Å². The first-order valence-corrected chi connectivity index (χ1v) is 8.29. The molecule has 0 saturated heterocycles. The number of nitrogens with zero attached hydrogens (tertiary/aromatic N) is 2. The summed E-state index contributed by atoms with van der Waals surface area (Å²) >= 11 is 5.87. The SMILES string of the molecule is O=C(N/N=C/c1cccc(OCc2ccc(Cl)cc2)c1)c1cccnc1. The zero-order chi connectivity index (χ0) is 18.2. The number of halogens is 1.